The van der Waals surface area contributed by atoms with Crippen molar-refractivity contribution in [1.29, 1.82) is 0 Å². The highest BCUT2D eigenvalue weighted by Crippen LogP contribution is 2.26. The van der Waals surface area contributed by atoms with E-state index in [9.17, 15) is 0 Å². The fourth-order valence-corrected chi connectivity index (χ4v) is 1.23. The molecule has 0 saturated heterocycles. The van der Waals surface area contributed by atoms with Crippen LogP contribution >= 0.6 is 0 Å². The topological polar surface area (TPSA) is 22.4 Å². The molecule has 1 aromatic heterocycles. The van der Waals surface area contributed by atoms with Crippen molar-refractivity contribution in [1.82, 2.24) is 0 Å². The van der Waals surface area contributed by atoms with Crippen LogP contribution in [0, 0.1) is 0 Å². The fourth-order valence-electron chi connectivity index (χ4n) is 1.23. The van der Waals surface area contributed by atoms with Crippen LogP contribution in [-0.2, 0) is 4.74 Å². The molecule has 2 nitrogen and oxygen atoms in total. The van der Waals surface area contributed by atoms with Gasteiger partial charge >= 0.3 is 0 Å². The number of rotatable bonds is 2. The van der Waals surface area contributed by atoms with Gasteiger partial charge in [0.1, 0.15) is 6.10 Å². The first kappa shape index (κ1) is 7.37. The number of hydrogen-bond donors (Lipinski definition) is 0. The normalized spacial score (nSPS) is 22.3. The van der Waals surface area contributed by atoms with E-state index >= 15 is 0 Å². The molecule has 12 heavy (non-hydrogen) atoms. The Morgan fingerprint density at radius 2 is 2.50 bits per heavy atom. The van der Waals surface area contributed by atoms with E-state index < -0.39 is 0 Å². The SMILES string of the molecule is C=CC1=CC(c2ccoc2)OC1. The Bertz CT molecular complexity index is 296. The molecule has 1 aliphatic rings. The second-order valence-corrected chi connectivity index (χ2v) is 2.73. The van der Waals surface area contributed by atoms with Gasteiger partial charge in [-0.25, -0.2) is 0 Å². The second kappa shape index (κ2) is 2.99. The van der Waals surface area contributed by atoms with Gasteiger partial charge in [0.05, 0.1) is 19.1 Å². The van der Waals surface area contributed by atoms with Crippen LogP contribution in [0.1, 0.15) is 11.7 Å². The standard InChI is InChI=1S/C10H10O2/c1-2-8-5-10(12-6-8)9-3-4-11-7-9/h2-5,7,10H,1,6H2. The third-order valence-electron chi connectivity index (χ3n) is 1.93. The summed E-state index contributed by atoms with van der Waals surface area (Å²) in [5.74, 6) is 0. The van der Waals surface area contributed by atoms with E-state index in [1.165, 1.54) is 0 Å². The first-order chi connectivity index (χ1) is 5.90. The number of furan rings is 1. The van der Waals surface area contributed by atoms with E-state index in [4.69, 9.17) is 9.15 Å². The molecule has 1 unspecified atom stereocenters. The molecule has 62 valence electrons. The lowest BCUT2D eigenvalue weighted by atomic mass is 10.1. The van der Waals surface area contributed by atoms with Gasteiger partial charge in [-0.1, -0.05) is 12.7 Å². The van der Waals surface area contributed by atoms with Gasteiger partial charge in [-0.15, -0.1) is 0 Å². The Labute approximate surface area is 71.1 Å². The Hall–Kier alpha value is -1.28. The molecule has 0 aliphatic carbocycles. The first-order valence-corrected chi connectivity index (χ1v) is 3.87. The monoisotopic (exact) mass is 162 g/mol. The van der Waals surface area contributed by atoms with Crippen LogP contribution in [0.5, 0.6) is 0 Å². The highest BCUT2D eigenvalue weighted by molar-refractivity contribution is 5.27. The molecular formula is C10H10O2. The zero-order valence-electron chi connectivity index (χ0n) is 6.69. The van der Waals surface area contributed by atoms with E-state index in [1.54, 1.807) is 12.5 Å². The van der Waals surface area contributed by atoms with Crippen LogP contribution in [0.2, 0.25) is 0 Å². The summed E-state index contributed by atoms with van der Waals surface area (Å²) in [5, 5.41) is 0. The van der Waals surface area contributed by atoms with E-state index in [0.29, 0.717) is 6.61 Å². The van der Waals surface area contributed by atoms with Gasteiger partial charge in [-0.3, -0.25) is 0 Å². The van der Waals surface area contributed by atoms with Gasteiger partial charge in [0.25, 0.3) is 0 Å². The van der Waals surface area contributed by atoms with Crippen LogP contribution in [-0.4, -0.2) is 6.61 Å². The van der Waals surface area contributed by atoms with Gasteiger partial charge < -0.3 is 9.15 Å². The van der Waals surface area contributed by atoms with Crippen molar-refractivity contribution in [3.8, 4) is 0 Å². The fraction of sp³-hybridized carbons (Fsp3) is 0.200. The molecule has 1 aliphatic heterocycles. The summed E-state index contributed by atoms with van der Waals surface area (Å²) in [6.45, 7) is 4.34. The summed E-state index contributed by atoms with van der Waals surface area (Å²) in [7, 11) is 0. The maximum Gasteiger partial charge on any atom is 0.105 e. The van der Waals surface area contributed by atoms with Crippen LogP contribution in [0.3, 0.4) is 0 Å². The first-order valence-electron chi connectivity index (χ1n) is 3.87. The van der Waals surface area contributed by atoms with Crippen molar-refractivity contribution in [3.63, 3.8) is 0 Å². The molecular weight excluding hydrogens is 152 g/mol. The Balaban J connectivity index is 2.18. The maximum absolute atomic E-state index is 5.48. The van der Waals surface area contributed by atoms with Crippen molar-refractivity contribution >= 4 is 0 Å². The van der Waals surface area contributed by atoms with Crippen molar-refractivity contribution in [2.75, 3.05) is 6.61 Å². The third-order valence-corrected chi connectivity index (χ3v) is 1.93. The molecule has 2 heterocycles. The molecule has 1 aromatic rings. The van der Waals surface area contributed by atoms with E-state index in [0.717, 1.165) is 11.1 Å². The largest absolute Gasteiger partial charge is 0.472 e. The van der Waals surface area contributed by atoms with E-state index in [1.807, 2.05) is 12.1 Å². The molecule has 0 spiro atoms. The van der Waals surface area contributed by atoms with Crippen LogP contribution in [0.4, 0.5) is 0 Å². The lowest BCUT2D eigenvalue weighted by molar-refractivity contribution is 0.127. The Kier molecular flexibility index (Phi) is 1.84. The molecule has 0 radical (unpaired) electrons. The minimum absolute atomic E-state index is 0.0525. The third kappa shape index (κ3) is 1.21. The predicted molar refractivity (Wildman–Crippen MR) is 45.7 cm³/mol. The zero-order valence-corrected chi connectivity index (χ0v) is 6.69. The molecule has 0 fully saturated rings. The average Bonchev–Trinajstić information content (AvgIpc) is 2.75. The van der Waals surface area contributed by atoms with E-state index in [-0.39, 0.29) is 6.10 Å². The zero-order chi connectivity index (χ0) is 8.39. The lowest BCUT2D eigenvalue weighted by Gasteiger charge is -2.02. The van der Waals surface area contributed by atoms with Crippen molar-refractivity contribution < 1.29 is 9.15 Å². The van der Waals surface area contributed by atoms with Crippen molar-refractivity contribution in [3.05, 3.63) is 48.5 Å². The molecule has 0 bridgehead atoms. The summed E-state index contributed by atoms with van der Waals surface area (Å²) >= 11 is 0. The summed E-state index contributed by atoms with van der Waals surface area (Å²) in [6.07, 6.45) is 7.28. The van der Waals surface area contributed by atoms with Crippen molar-refractivity contribution in [2.24, 2.45) is 0 Å². The molecule has 0 saturated carbocycles. The summed E-state index contributed by atoms with van der Waals surface area (Å²) < 4.78 is 10.4. The average molecular weight is 162 g/mol. The Morgan fingerprint density at radius 1 is 1.58 bits per heavy atom. The van der Waals surface area contributed by atoms with Gasteiger partial charge in [-0.2, -0.15) is 0 Å². The maximum atomic E-state index is 5.48. The number of hydrogen-bond acceptors (Lipinski definition) is 2. The Morgan fingerprint density at radius 3 is 3.08 bits per heavy atom. The molecule has 0 N–H and O–H groups in total. The molecule has 0 aromatic carbocycles. The minimum Gasteiger partial charge on any atom is -0.472 e. The molecule has 0 amide bonds. The predicted octanol–water partition coefficient (Wildman–Crippen LogP) is 2.46. The van der Waals surface area contributed by atoms with Crippen LogP contribution in [0.15, 0.2) is 47.3 Å². The number of ether oxygens (including phenoxy) is 1. The highest BCUT2D eigenvalue weighted by atomic mass is 16.5. The van der Waals surface area contributed by atoms with Gasteiger partial charge in [0.2, 0.25) is 0 Å². The minimum atomic E-state index is 0.0525. The second-order valence-electron chi connectivity index (χ2n) is 2.73. The summed E-state index contributed by atoms with van der Waals surface area (Å²) in [4.78, 5) is 0. The van der Waals surface area contributed by atoms with Gasteiger partial charge in [-0.05, 0) is 17.7 Å². The van der Waals surface area contributed by atoms with Crippen LogP contribution < -0.4 is 0 Å². The van der Waals surface area contributed by atoms with Gasteiger partial charge in [0, 0.05) is 5.56 Å². The molecule has 2 rings (SSSR count). The quantitative estimate of drug-likeness (QED) is 0.666. The highest BCUT2D eigenvalue weighted by Gasteiger charge is 2.16. The lowest BCUT2D eigenvalue weighted by Crippen LogP contribution is -1.92. The molecule has 2 heteroatoms. The summed E-state index contributed by atoms with van der Waals surface area (Å²) in [6, 6.07) is 1.91. The summed E-state index contributed by atoms with van der Waals surface area (Å²) in [5.41, 5.74) is 2.20. The van der Waals surface area contributed by atoms with Gasteiger partial charge in [0.15, 0.2) is 0 Å². The van der Waals surface area contributed by atoms with Crippen LogP contribution in [0.25, 0.3) is 0 Å². The smallest absolute Gasteiger partial charge is 0.105 e. The van der Waals surface area contributed by atoms with Crippen molar-refractivity contribution in [2.45, 2.75) is 6.10 Å². The van der Waals surface area contributed by atoms with E-state index in [2.05, 4.69) is 12.7 Å². The molecule has 1 atom stereocenters.